The Morgan fingerprint density at radius 1 is 1.37 bits per heavy atom. The maximum atomic E-state index is 12.9. The van der Waals surface area contributed by atoms with Crippen molar-refractivity contribution in [1.29, 1.82) is 0 Å². The highest BCUT2D eigenvalue weighted by Crippen LogP contribution is 2.15. The number of carbonyl (C=O) groups is 1. The van der Waals surface area contributed by atoms with E-state index in [4.69, 9.17) is 10.5 Å². The Morgan fingerprint density at radius 3 is 2.58 bits per heavy atom. The minimum absolute atomic E-state index is 0.00426. The Labute approximate surface area is 111 Å². The normalized spacial score (nSPS) is 10.6. The van der Waals surface area contributed by atoms with Gasteiger partial charge in [-0.2, -0.15) is 0 Å². The van der Waals surface area contributed by atoms with E-state index in [2.05, 4.69) is 0 Å². The molecule has 0 saturated carbocycles. The predicted molar refractivity (Wildman–Crippen MR) is 67.8 cm³/mol. The number of ether oxygens (including phenoxy) is 1. The lowest BCUT2D eigenvalue weighted by Crippen LogP contribution is -2.43. The number of benzene rings is 1. The van der Waals surface area contributed by atoms with Gasteiger partial charge in [-0.3, -0.25) is 4.79 Å². The van der Waals surface area contributed by atoms with Gasteiger partial charge in [-0.25, -0.2) is 8.78 Å². The number of amides is 1. The lowest BCUT2D eigenvalue weighted by molar-refractivity contribution is -0.131. The van der Waals surface area contributed by atoms with Gasteiger partial charge in [-0.15, -0.1) is 0 Å². The summed E-state index contributed by atoms with van der Waals surface area (Å²) >= 11 is 0. The van der Waals surface area contributed by atoms with Crippen LogP contribution in [0.4, 0.5) is 8.78 Å². The topological polar surface area (TPSA) is 55.6 Å². The molecule has 106 valence electrons. The van der Waals surface area contributed by atoms with Gasteiger partial charge in [0.1, 0.15) is 12.4 Å². The van der Waals surface area contributed by atoms with Gasteiger partial charge in [0, 0.05) is 12.1 Å². The molecule has 0 heterocycles. The summed E-state index contributed by atoms with van der Waals surface area (Å²) in [4.78, 5) is 13.1. The van der Waals surface area contributed by atoms with Crippen LogP contribution in [0.1, 0.15) is 13.8 Å². The van der Waals surface area contributed by atoms with Crippen LogP contribution in [-0.2, 0) is 4.79 Å². The zero-order valence-corrected chi connectivity index (χ0v) is 11.0. The number of rotatable bonds is 6. The fraction of sp³-hybridized carbons (Fsp3) is 0.462. The molecule has 0 atom stereocenters. The minimum atomic E-state index is -0.962. The third-order valence-corrected chi connectivity index (χ3v) is 2.61. The van der Waals surface area contributed by atoms with E-state index in [9.17, 15) is 13.6 Å². The molecule has 0 aromatic heterocycles. The van der Waals surface area contributed by atoms with Crippen molar-refractivity contribution in [3.63, 3.8) is 0 Å². The maximum Gasteiger partial charge on any atom is 0.236 e. The van der Waals surface area contributed by atoms with Gasteiger partial charge in [-0.05, 0) is 26.0 Å². The van der Waals surface area contributed by atoms with E-state index in [1.807, 2.05) is 13.8 Å². The molecule has 0 radical (unpaired) electrons. The molecule has 1 rings (SSSR count). The summed E-state index contributed by atoms with van der Waals surface area (Å²) in [6.45, 7) is 4.20. The summed E-state index contributed by atoms with van der Waals surface area (Å²) in [6, 6.07) is 3.31. The Kier molecular flexibility index (Phi) is 5.69. The van der Waals surface area contributed by atoms with Gasteiger partial charge >= 0.3 is 0 Å². The second kappa shape index (κ2) is 7.04. The zero-order valence-electron chi connectivity index (χ0n) is 11.0. The number of halogens is 2. The van der Waals surface area contributed by atoms with Crippen LogP contribution in [0.5, 0.6) is 5.75 Å². The smallest absolute Gasteiger partial charge is 0.236 e. The van der Waals surface area contributed by atoms with Crippen molar-refractivity contribution < 1.29 is 18.3 Å². The van der Waals surface area contributed by atoms with Crippen molar-refractivity contribution in [2.75, 3.05) is 19.7 Å². The molecule has 0 unspecified atom stereocenters. The fourth-order valence-corrected chi connectivity index (χ4v) is 1.62. The predicted octanol–water partition coefficient (Wildman–Crippen LogP) is 1.54. The van der Waals surface area contributed by atoms with E-state index in [0.29, 0.717) is 6.54 Å². The Hall–Kier alpha value is -1.69. The molecule has 1 aromatic carbocycles. The van der Waals surface area contributed by atoms with Gasteiger partial charge in [0.15, 0.2) is 11.6 Å². The molecular formula is C13H18F2N2O2. The van der Waals surface area contributed by atoms with Crippen molar-refractivity contribution in [2.45, 2.75) is 19.9 Å². The van der Waals surface area contributed by atoms with E-state index in [-0.39, 0.29) is 30.9 Å². The SMILES string of the molecule is CC(C)N(CCOc1ccc(F)c(F)c1)C(=O)CN. The van der Waals surface area contributed by atoms with E-state index in [1.165, 1.54) is 6.07 Å². The Balaban J connectivity index is 2.52. The minimum Gasteiger partial charge on any atom is -0.492 e. The van der Waals surface area contributed by atoms with Crippen molar-refractivity contribution in [3.05, 3.63) is 29.8 Å². The van der Waals surface area contributed by atoms with Crippen molar-refractivity contribution >= 4 is 5.91 Å². The van der Waals surface area contributed by atoms with Crippen LogP contribution < -0.4 is 10.5 Å². The van der Waals surface area contributed by atoms with E-state index >= 15 is 0 Å². The third kappa shape index (κ3) is 4.48. The zero-order chi connectivity index (χ0) is 14.4. The van der Waals surface area contributed by atoms with Crippen LogP contribution in [0.25, 0.3) is 0 Å². The van der Waals surface area contributed by atoms with Crippen LogP contribution in [0.3, 0.4) is 0 Å². The van der Waals surface area contributed by atoms with E-state index in [1.54, 1.807) is 4.90 Å². The van der Waals surface area contributed by atoms with Crippen LogP contribution >= 0.6 is 0 Å². The molecule has 4 nitrogen and oxygen atoms in total. The van der Waals surface area contributed by atoms with Crippen LogP contribution in [0, 0.1) is 11.6 Å². The molecular weight excluding hydrogens is 254 g/mol. The Morgan fingerprint density at radius 2 is 2.05 bits per heavy atom. The first kappa shape index (κ1) is 15.4. The van der Waals surface area contributed by atoms with Gasteiger partial charge in [0.05, 0.1) is 13.1 Å². The molecule has 19 heavy (non-hydrogen) atoms. The van der Waals surface area contributed by atoms with Gasteiger partial charge in [-0.1, -0.05) is 0 Å². The molecule has 0 aliphatic heterocycles. The first-order valence-corrected chi connectivity index (χ1v) is 6.03. The monoisotopic (exact) mass is 272 g/mol. The fourth-order valence-electron chi connectivity index (χ4n) is 1.62. The van der Waals surface area contributed by atoms with Gasteiger partial charge < -0.3 is 15.4 Å². The number of nitrogens with zero attached hydrogens (tertiary/aromatic N) is 1. The van der Waals surface area contributed by atoms with Crippen molar-refractivity contribution in [1.82, 2.24) is 4.90 Å². The molecule has 1 aromatic rings. The van der Waals surface area contributed by atoms with Crippen LogP contribution in [0.2, 0.25) is 0 Å². The Bertz CT molecular complexity index is 439. The summed E-state index contributed by atoms with van der Waals surface area (Å²) in [7, 11) is 0. The molecule has 0 aliphatic rings. The van der Waals surface area contributed by atoms with Crippen molar-refractivity contribution in [3.8, 4) is 5.75 Å². The average molecular weight is 272 g/mol. The van der Waals surface area contributed by atoms with Crippen molar-refractivity contribution in [2.24, 2.45) is 5.73 Å². The molecule has 1 amide bonds. The number of hydrogen-bond donors (Lipinski definition) is 1. The summed E-state index contributed by atoms with van der Waals surface area (Å²) in [5.41, 5.74) is 5.31. The average Bonchev–Trinajstić information content (AvgIpc) is 2.37. The lowest BCUT2D eigenvalue weighted by Gasteiger charge is -2.26. The summed E-state index contributed by atoms with van der Waals surface area (Å²) in [5.74, 6) is -1.84. The largest absolute Gasteiger partial charge is 0.492 e. The standard InChI is InChI=1S/C13H18F2N2O2/c1-9(2)17(13(18)8-16)5-6-19-10-3-4-11(14)12(15)7-10/h3-4,7,9H,5-6,8,16H2,1-2H3. The lowest BCUT2D eigenvalue weighted by atomic mass is 10.3. The first-order chi connectivity index (χ1) is 8.95. The molecule has 0 saturated heterocycles. The first-order valence-electron chi connectivity index (χ1n) is 6.03. The second-order valence-electron chi connectivity index (χ2n) is 4.31. The molecule has 2 N–H and O–H groups in total. The highest BCUT2D eigenvalue weighted by atomic mass is 19.2. The summed E-state index contributed by atoms with van der Waals surface area (Å²) in [5, 5.41) is 0. The van der Waals surface area contributed by atoms with Crippen LogP contribution in [-0.4, -0.2) is 36.5 Å². The van der Waals surface area contributed by atoms with Gasteiger partial charge in [0.25, 0.3) is 0 Å². The van der Waals surface area contributed by atoms with Crippen LogP contribution in [0.15, 0.2) is 18.2 Å². The van der Waals surface area contributed by atoms with E-state index in [0.717, 1.165) is 12.1 Å². The molecule has 0 aliphatic carbocycles. The molecule has 6 heteroatoms. The third-order valence-electron chi connectivity index (χ3n) is 2.61. The number of hydrogen-bond acceptors (Lipinski definition) is 3. The second-order valence-corrected chi connectivity index (χ2v) is 4.31. The van der Waals surface area contributed by atoms with E-state index < -0.39 is 11.6 Å². The van der Waals surface area contributed by atoms with Gasteiger partial charge in [0.2, 0.25) is 5.91 Å². The molecule has 0 fully saturated rings. The maximum absolute atomic E-state index is 12.9. The number of carbonyl (C=O) groups excluding carboxylic acids is 1. The molecule has 0 bridgehead atoms. The highest BCUT2D eigenvalue weighted by Gasteiger charge is 2.15. The quantitative estimate of drug-likeness (QED) is 0.854. The summed E-state index contributed by atoms with van der Waals surface area (Å²) in [6.07, 6.45) is 0. The molecule has 0 spiro atoms. The summed E-state index contributed by atoms with van der Waals surface area (Å²) < 4.78 is 30.9. The number of nitrogens with two attached hydrogens (primary N) is 1. The highest BCUT2D eigenvalue weighted by molar-refractivity contribution is 5.78.